The number of methoxy groups -OCH3 is 1. The molecule has 210 valence electrons. The van der Waals surface area contributed by atoms with Gasteiger partial charge in [-0.2, -0.15) is 0 Å². The van der Waals surface area contributed by atoms with Crippen LogP contribution in [-0.2, 0) is 11.0 Å². The second-order valence-electron chi connectivity index (χ2n) is 11.7. The largest absolute Gasteiger partial charge is 0.494 e. The number of benzene rings is 2. The molecule has 2 aromatic rings. The molecule has 1 spiro atoms. The van der Waals surface area contributed by atoms with E-state index in [1.807, 2.05) is 25.1 Å². The molecular weight excluding hydrogens is 497 g/mol. The minimum atomic E-state index is -0.584. The van der Waals surface area contributed by atoms with Gasteiger partial charge in [0.25, 0.3) is 0 Å². The number of ketones is 1. The Balaban J connectivity index is 1.53. The predicted molar refractivity (Wildman–Crippen MR) is 151 cm³/mol. The second-order valence-corrected chi connectivity index (χ2v) is 11.7. The predicted octanol–water partition coefficient (Wildman–Crippen LogP) is 6.04. The van der Waals surface area contributed by atoms with Crippen LogP contribution in [0.5, 0.6) is 17.2 Å². The number of nitrogens with zero attached hydrogens (tertiary/aromatic N) is 2. The summed E-state index contributed by atoms with van der Waals surface area (Å²) in [5, 5.41) is 8.97. The smallest absolute Gasteiger partial charge is 0.197 e. The van der Waals surface area contributed by atoms with Gasteiger partial charge in [-0.05, 0) is 68.7 Å². The van der Waals surface area contributed by atoms with E-state index in [1.54, 1.807) is 18.9 Å². The maximum atomic E-state index is 15.8. The van der Waals surface area contributed by atoms with Gasteiger partial charge >= 0.3 is 0 Å². The van der Waals surface area contributed by atoms with E-state index in [9.17, 15) is 4.79 Å². The van der Waals surface area contributed by atoms with Gasteiger partial charge in [-0.25, -0.2) is 4.39 Å². The van der Waals surface area contributed by atoms with Crippen LogP contribution in [0.1, 0.15) is 87.4 Å². The number of Topliss-reactive ketones (excluding diaryl/α,β-unsaturated/α-hetero) is 1. The third-order valence-corrected chi connectivity index (χ3v) is 8.18. The fraction of sp³-hybridized carbons (Fsp3) is 0.548. The molecule has 0 atom stereocenters. The summed E-state index contributed by atoms with van der Waals surface area (Å²) >= 11 is 0. The van der Waals surface area contributed by atoms with E-state index < -0.39 is 11.4 Å². The first kappa shape index (κ1) is 27.3. The van der Waals surface area contributed by atoms with Gasteiger partial charge in [0, 0.05) is 24.2 Å². The third kappa shape index (κ3) is 4.51. The van der Waals surface area contributed by atoms with Crippen LogP contribution in [0.4, 0.5) is 10.1 Å². The maximum absolute atomic E-state index is 15.8. The highest BCUT2D eigenvalue weighted by atomic mass is 19.1. The van der Waals surface area contributed by atoms with Gasteiger partial charge in [0.2, 0.25) is 0 Å². The lowest BCUT2D eigenvalue weighted by atomic mass is 9.84. The molecule has 1 N–H and O–H groups in total. The van der Waals surface area contributed by atoms with Crippen molar-refractivity contribution >= 4 is 17.3 Å². The standard InChI is InChI=1S/C31H40FN3O4/c1-7-38-24-17-20-25(26(32)28(24)39-8-2)29(33)35(31(20)11-12-31)18-23(36)19-15-21(30(3,4)5)27(37-6)22(16-19)34-13-9-10-14-34/h15-17,33H,7-14,18H2,1-6H3. The fourth-order valence-corrected chi connectivity index (χ4v) is 6.11. The van der Waals surface area contributed by atoms with E-state index in [-0.39, 0.29) is 41.5 Å². The average Bonchev–Trinajstić information content (AvgIpc) is 3.43. The maximum Gasteiger partial charge on any atom is 0.197 e. The molecular formula is C31H40FN3O4. The molecule has 2 aliphatic heterocycles. The molecule has 2 heterocycles. The zero-order chi connectivity index (χ0) is 28.1. The Hall–Kier alpha value is -3.29. The number of hydrogen-bond donors (Lipinski definition) is 1. The average molecular weight is 538 g/mol. The van der Waals surface area contributed by atoms with Crippen LogP contribution in [0.15, 0.2) is 18.2 Å². The molecule has 0 amide bonds. The summed E-state index contributed by atoms with van der Waals surface area (Å²) in [5.41, 5.74) is 2.65. The molecule has 0 aromatic heterocycles. The molecule has 1 saturated heterocycles. The van der Waals surface area contributed by atoms with Crippen LogP contribution in [0.3, 0.4) is 0 Å². The highest BCUT2D eigenvalue weighted by Crippen LogP contribution is 2.59. The first-order chi connectivity index (χ1) is 18.6. The van der Waals surface area contributed by atoms with Crippen LogP contribution < -0.4 is 19.1 Å². The molecule has 2 fully saturated rings. The Labute approximate surface area is 230 Å². The zero-order valence-electron chi connectivity index (χ0n) is 24.0. The number of halogens is 1. The van der Waals surface area contributed by atoms with Crippen LogP contribution >= 0.6 is 0 Å². The molecule has 3 aliphatic rings. The van der Waals surface area contributed by atoms with Crippen molar-refractivity contribution in [2.75, 3.05) is 44.9 Å². The topological polar surface area (TPSA) is 75.1 Å². The van der Waals surface area contributed by atoms with Gasteiger partial charge in [0.15, 0.2) is 23.1 Å². The molecule has 0 bridgehead atoms. The van der Waals surface area contributed by atoms with Crippen LogP contribution in [0.25, 0.3) is 0 Å². The molecule has 7 nitrogen and oxygen atoms in total. The van der Waals surface area contributed by atoms with Gasteiger partial charge < -0.3 is 24.0 Å². The van der Waals surface area contributed by atoms with Gasteiger partial charge in [-0.3, -0.25) is 10.2 Å². The third-order valence-electron chi connectivity index (χ3n) is 8.18. The highest BCUT2D eigenvalue weighted by molar-refractivity contribution is 6.08. The number of carbonyl (C=O) groups is 1. The fourth-order valence-electron chi connectivity index (χ4n) is 6.11. The summed E-state index contributed by atoms with van der Waals surface area (Å²) in [5.74, 6) is 0.550. The number of rotatable bonds is 9. The molecule has 1 aliphatic carbocycles. The van der Waals surface area contributed by atoms with Gasteiger partial charge in [-0.15, -0.1) is 0 Å². The number of hydrogen-bond acceptors (Lipinski definition) is 6. The van der Waals surface area contributed by atoms with Crippen LogP contribution in [0.2, 0.25) is 0 Å². The van der Waals surface area contributed by atoms with E-state index in [0.29, 0.717) is 23.5 Å². The van der Waals surface area contributed by atoms with Gasteiger partial charge in [0.05, 0.1) is 43.7 Å². The van der Waals surface area contributed by atoms with E-state index in [4.69, 9.17) is 19.6 Å². The first-order valence-electron chi connectivity index (χ1n) is 14.1. The summed E-state index contributed by atoms with van der Waals surface area (Å²) in [4.78, 5) is 18.0. The monoisotopic (exact) mass is 537 g/mol. The van der Waals surface area contributed by atoms with E-state index >= 15 is 4.39 Å². The highest BCUT2D eigenvalue weighted by Gasteiger charge is 2.58. The first-order valence-corrected chi connectivity index (χ1v) is 14.1. The Morgan fingerprint density at radius 1 is 1.05 bits per heavy atom. The minimum Gasteiger partial charge on any atom is -0.494 e. The van der Waals surface area contributed by atoms with Crippen molar-refractivity contribution < 1.29 is 23.4 Å². The van der Waals surface area contributed by atoms with Gasteiger partial charge in [0.1, 0.15) is 11.6 Å². The second kappa shape index (κ2) is 10.0. The summed E-state index contributed by atoms with van der Waals surface area (Å²) in [6.07, 6.45) is 3.72. The lowest BCUT2D eigenvalue weighted by molar-refractivity contribution is 0.0943. The molecule has 0 radical (unpaired) electrons. The molecule has 0 unspecified atom stereocenters. The Morgan fingerprint density at radius 2 is 1.72 bits per heavy atom. The molecule has 2 aromatic carbocycles. The number of ether oxygens (including phenoxy) is 3. The molecule has 5 rings (SSSR count). The lowest BCUT2D eigenvalue weighted by Crippen LogP contribution is -2.38. The van der Waals surface area contributed by atoms with Crippen molar-refractivity contribution in [3.8, 4) is 17.2 Å². The quantitative estimate of drug-likeness (QED) is 0.393. The summed E-state index contributed by atoms with van der Waals surface area (Å²) in [6, 6.07) is 5.69. The van der Waals surface area contributed by atoms with Crippen molar-refractivity contribution in [2.45, 2.75) is 71.3 Å². The molecule has 39 heavy (non-hydrogen) atoms. The Bertz CT molecular complexity index is 1310. The normalized spacial score (nSPS) is 17.6. The van der Waals surface area contributed by atoms with Gasteiger partial charge in [-0.1, -0.05) is 20.8 Å². The summed E-state index contributed by atoms with van der Waals surface area (Å²) < 4.78 is 33.0. The molecule has 1 saturated carbocycles. The van der Waals surface area contributed by atoms with E-state index in [2.05, 4.69) is 25.7 Å². The summed E-state index contributed by atoms with van der Waals surface area (Å²) in [6.45, 7) is 12.5. The Kier molecular flexibility index (Phi) is 7.02. The minimum absolute atomic E-state index is 0.00373. The van der Waals surface area contributed by atoms with Crippen molar-refractivity contribution in [2.24, 2.45) is 0 Å². The van der Waals surface area contributed by atoms with Crippen molar-refractivity contribution in [3.05, 3.63) is 46.3 Å². The zero-order valence-corrected chi connectivity index (χ0v) is 24.0. The number of fused-ring (bicyclic) bond motifs is 2. The lowest BCUT2D eigenvalue weighted by Gasteiger charge is -2.30. The van der Waals surface area contributed by atoms with E-state index in [0.717, 1.165) is 55.8 Å². The van der Waals surface area contributed by atoms with Crippen molar-refractivity contribution in [3.63, 3.8) is 0 Å². The van der Waals surface area contributed by atoms with Crippen LogP contribution in [0, 0.1) is 11.2 Å². The summed E-state index contributed by atoms with van der Waals surface area (Å²) in [7, 11) is 1.69. The van der Waals surface area contributed by atoms with Crippen LogP contribution in [-0.4, -0.2) is 56.5 Å². The Morgan fingerprint density at radius 3 is 2.28 bits per heavy atom. The van der Waals surface area contributed by atoms with Crippen molar-refractivity contribution in [1.29, 1.82) is 5.41 Å². The molecule has 8 heteroatoms. The van der Waals surface area contributed by atoms with Crippen molar-refractivity contribution in [1.82, 2.24) is 4.90 Å². The number of amidine groups is 1. The van der Waals surface area contributed by atoms with E-state index in [1.165, 1.54) is 0 Å². The number of anilines is 1. The SMILES string of the molecule is CCOc1cc2c(c(F)c1OCC)C(=N)N(CC(=O)c1cc(N3CCCC3)c(OC)c(C(C)(C)C)c1)C21CC1. The number of nitrogens with one attached hydrogen (secondary N) is 1. The number of carbonyl (C=O) groups excluding carboxylic acids is 1.